The van der Waals surface area contributed by atoms with Crippen molar-refractivity contribution < 1.29 is 14.3 Å². The molecule has 0 aromatic rings. The van der Waals surface area contributed by atoms with Crippen LogP contribution in [0.1, 0.15) is 0 Å². The van der Waals surface area contributed by atoms with Crippen molar-refractivity contribution in [2.24, 2.45) is 0 Å². The Balaban J connectivity index is 4.56. The molecule has 0 spiro atoms. The summed E-state index contributed by atoms with van der Waals surface area (Å²) in [5.41, 5.74) is -0.556. The van der Waals surface area contributed by atoms with Crippen molar-refractivity contribution in [3.63, 3.8) is 0 Å². The molecule has 0 aliphatic carbocycles. The second kappa shape index (κ2) is 3.93. The quantitative estimate of drug-likeness (QED) is 0.739. The van der Waals surface area contributed by atoms with Crippen LogP contribution in [0, 0.1) is 0 Å². The Bertz CT molecular complexity index is 191. The average Bonchev–Trinajstić information content (AvgIpc) is 1.77. The zero-order valence-electron chi connectivity index (χ0n) is 9.34. The Labute approximate surface area is 82.2 Å². The third kappa shape index (κ3) is 5.22. The molecule has 0 aromatic heterocycles. The molecule has 0 saturated carbocycles. The first kappa shape index (κ1) is 12.9. The van der Waals surface area contributed by atoms with E-state index in [9.17, 15) is 4.79 Å². The van der Waals surface area contributed by atoms with Crippen molar-refractivity contribution in [1.82, 2.24) is 0 Å². The summed E-state index contributed by atoms with van der Waals surface area (Å²) in [4.78, 5) is 11.0. The van der Waals surface area contributed by atoms with Gasteiger partial charge in [0.1, 0.15) is 5.73 Å². The predicted molar refractivity (Wildman–Crippen MR) is 59.2 cm³/mol. The number of carboxylic acids is 1. The van der Waals surface area contributed by atoms with Gasteiger partial charge in [-0.05, 0) is 19.6 Å². The summed E-state index contributed by atoms with van der Waals surface area (Å²) in [6, 6.07) is 0. The maximum Gasteiger partial charge on any atom is 0.327 e. The maximum absolute atomic E-state index is 11.0. The number of hydrogen-bond donors (Lipinski definition) is 1. The molecule has 0 rings (SSSR count). The molecule has 0 saturated heterocycles. The molecule has 0 unspecified atom stereocenters. The minimum absolute atomic E-state index is 0.556. The largest absolute Gasteiger partial charge is 0.480 e. The fourth-order valence-electron chi connectivity index (χ4n) is 0.951. The molecule has 1 N–H and O–H groups in total. The molecule has 0 fully saturated rings. The lowest BCUT2D eigenvalue weighted by Gasteiger charge is -2.31. The van der Waals surface area contributed by atoms with E-state index in [0.29, 0.717) is 0 Å². The van der Waals surface area contributed by atoms with Gasteiger partial charge in [-0.1, -0.05) is 19.6 Å². The van der Waals surface area contributed by atoms with Crippen LogP contribution in [0.3, 0.4) is 0 Å². The first-order valence-corrected chi connectivity index (χ1v) is 11.4. The van der Waals surface area contributed by atoms with Gasteiger partial charge in [0.25, 0.3) is 0 Å². The summed E-state index contributed by atoms with van der Waals surface area (Å²) < 4.78 is 5.66. The molecule has 0 radical (unpaired) electrons. The molecular weight excluding hydrogens is 200 g/mol. The van der Waals surface area contributed by atoms with Gasteiger partial charge in [0, 0.05) is 0 Å². The fraction of sp³-hybridized carbons (Fsp3) is 0.875. The second-order valence-corrected chi connectivity index (χ2v) is 15.0. The molecule has 0 heterocycles. The molecule has 3 nitrogen and oxygen atoms in total. The van der Waals surface area contributed by atoms with Crippen molar-refractivity contribution in [3.05, 3.63) is 0 Å². The van der Waals surface area contributed by atoms with Crippen LogP contribution in [-0.2, 0) is 9.22 Å². The van der Waals surface area contributed by atoms with Gasteiger partial charge in [0.05, 0.1) is 8.07 Å². The molecule has 0 aromatic carbocycles. The van der Waals surface area contributed by atoms with Crippen LogP contribution < -0.4 is 0 Å². The SMILES string of the molecule is C[Si](C)(C)O[C@@H](C(=O)O)[Si](C)(C)C. The van der Waals surface area contributed by atoms with Gasteiger partial charge in [-0.2, -0.15) is 0 Å². The third-order valence-corrected chi connectivity index (χ3v) is 4.60. The lowest BCUT2D eigenvalue weighted by molar-refractivity contribution is -0.142. The predicted octanol–water partition coefficient (Wildman–Crippen LogP) is 2.17. The number of rotatable bonds is 4. The molecule has 1 atom stereocenters. The van der Waals surface area contributed by atoms with Gasteiger partial charge < -0.3 is 9.53 Å². The van der Waals surface area contributed by atoms with Crippen molar-refractivity contribution in [1.29, 1.82) is 0 Å². The lowest BCUT2D eigenvalue weighted by atomic mass is 10.7. The topological polar surface area (TPSA) is 46.5 Å². The lowest BCUT2D eigenvalue weighted by Crippen LogP contribution is -2.51. The highest BCUT2D eigenvalue weighted by Crippen LogP contribution is 2.17. The fourth-order valence-corrected chi connectivity index (χ4v) is 4.97. The Morgan fingerprint density at radius 2 is 1.54 bits per heavy atom. The molecule has 13 heavy (non-hydrogen) atoms. The number of aliphatic carboxylic acids is 1. The van der Waals surface area contributed by atoms with Crippen molar-refractivity contribution >= 4 is 22.4 Å². The minimum atomic E-state index is -1.75. The normalized spacial score (nSPS) is 15.5. The summed E-state index contributed by atoms with van der Waals surface area (Å²) in [6.07, 6.45) is 0. The average molecular weight is 220 g/mol. The van der Waals surface area contributed by atoms with Gasteiger partial charge in [-0.15, -0.1) is 0 Å². The van der Waals surface area contributed by atoms with Crippen molar-refractivity contribution in [2.45, 2.75) is 45.0 Å². The zero-order valence-corrected chi connectivity index (χ0v) is 11.3. The second-order valence-electron chi connectivity index (χ2n) is 5.31. The molecule has 5 heteroatoms. The van der Waals surface area contributed by atoms with Gasteiger partial charge in [0.15, 0.2) is 8.32 Å². The minimum Gasteiger partial charge on any atom is -0.480 e. The summed E-state index contributed by atoms with van der Waals surface area (Å²) >= 11 is 0. The first-order chi connectivity index (χ1) is 5.54. The standard InChI is InChI=1S/C8H20O3Si2/c1-12(2,3)8(7(9)10)11-13(4,5)6/h8H,1-6H3,(H,9,10)/t8-/m1/s1. The van der Waals surface area contributed by atoms with Gasteiger partial charge in [-0.3, -0.25) is 0 Å². The maximum atomic E-state index is 11.0. The molecule has 0 aliphatic rings. The Kier molecular flexibility index (Phi) is 3.89. The third-order valence-electron chi connectivity index (χ3n) is 1.48. The number of carboxylic acid groups (broad SMARTS) is 1. The van der Waals surface area contributed by atoms with Crippen LogP contribution in [0.15, 0.2) is 0 Å². The Morgan fingerprint density at radius 3 is 1.62 bits per heavy atom. The van der Waals surface area contributed by atoms with Crippen molar-refractivity contribution in [2.75, 3.05) is 0 Å². The molecule has 0 aliphatic heterocycles. The van der Waals surface area contributed by atoms with Gasteiger partial charge >= 0.3 is 5.97 Å². The smallest absolute Gasteiger partial charge is 0.327 e. The summed E-state index contributed by atoms with van der Waals surface area (Å²) in [5.74, 6) is -0.804. The van der Waals surface area contributed by atoms with E-state index in [2.05, 4.69) is 0 Å². The summed E-state index contributed by atoms with van der Waals surface area (Å²) in [7, 11) is -3.49. The van der Waals surface area contributed by atoms with Crippen LogP contribution >= 0.6 is 0 Å². The van der Waals surface area contributed by atoms with Crippen LogP contribution in [0.2, 0.25) is 39.3 Å². The summed E-state index contributed by atoms with van der Waals surface area (Å²) in [6.45, 7) is 12.1. The monoisotopic (exact) mass is 220 g/mol. The zero-order chi connectivity index (χ0) is 10.9. The van der Waals surface area contributed by atoms with E-state index in [0.717, 1.165) is 0 Å². The highest BCUT2D eigenvalue weighted by molar-refractivity contribution is 6.81. The van der Waals surface area contributed by atoms with E-state index in [1.807, 2.05) is 39.3 Å². The van der Waals surface area contributed by atoms with Gasteiger partial charge in [0.2, 0.25) is 0 Å². The van der Waals surface area contributed by atoms with Gasteiger partial charge in [-0.25, -0.2) is 4.79 Å². The van der Waals surface area contributed by atoms with E-state index in [-0.39, 0.29) is 0 Å². The molecule has 78 valence electrons. The van der Waals surface area contributed by atoms with E-state index in [4.69, 9.17) is 9.53 Å². The van der Waals surface area contributed by atoms with Crippen LogP contribution in [0.5, 0.6) is 0 Å². The van der Waals surface area contributed by atoms with Crippen LogP contribution in [-0.4, -0.2) is 33.2 Å². The number of hydrogen-bond acceptors (Lipinski definition) is 2. The van der Waals surface area contributed by atoms with Crippen molar-refractivity contribution in [3.8, 4) is 0 Å². The molecule has 0 bridgehead atoms. The van der Waals surface area contributed by atoms with Crippen LogP contribution in [0.25, 0.3) is 0 Å². The summed E-state index contributed by atoms with van der Waals surface area (Å²) in [5, 5.41) is 9.00. The van der Waals surface area contributed by atoms with E-state index >= 15 is 0 Å². The van der Waals surface area contributed by atoms with Crippen LogP contribution in [0.4, 0.5) is 0 Å². The van der Waals surface area contributed by atoms with E-state index in [1.165, 1.54) is 0 Å². The number of carbonyl (C=O) groups is 1. The first-order valence-electron chi connectivity index (χ1n) is 4.44. The molecular formula is C8H20O3Si2. The Hall–Kier alpha value is -0.136. The highest BCUT2D eigenvalue weighted by atomic mass is 28.4. The highest BCUT2D eigenvalue weighted by Gasteiger charge is 2.37. The van der Waals surface area contributed by atoms with E-state index in [1.54, 1.807) is 0 Å². The molecule has 0 amide bonds. The Morgan fingerprint density at radius 1 is 1.15 bits per heavy atom. The van der Waals surface area contributed by atoms with E-state index < -0.39 is 28.1 Å².